The second kappa shape index (κ2) is 11.4. The van der Waals surface area contributed by atoms with E-state index in [0.29, 0.717) is 5.92 Å². The molecule has 0 spiro atoms. The highest BCUT2D eigenvalue weighted by atomic mass is 16.5. The van der Waals surface area contributed by atoms with E-state index in [0.717, 1.165) is 37.7 Å². The van der Waals surface area contributed by atoms with E-state index < -0.39 is 18.1 Å². The van der Waals surface area contributed by atoms with Crippen LogP contribution in [0.15, 0.2) is 60.7 Å². The molecule has 0 saturated heterocycles. The molecule has 0 bridgehead atoms. The minimum absolute atomic E-state index is 0.0287. The molecule has 1 unspecified atom stereocenters. The molecular weight excluding hydrogens is 382 g/mol. The topological polar surface area (TPSA) is 84.9 Å². The van der Waals surface area contributed by atoms with E-state index in [9.17, 15) is 14.7 Å². The molecule has 3 rings (SSSR count). The van der Waals surface area contributed by atoms with Gasteiger partial charge in [-0.15, -0.1) is 0 Å². The Balaban J connectivity index is 1.37. The van der Waals surface area contributed by atoms with Crippen molar-refractivity contribution in [3.05, 3.63) is 71.8 Å². The van der Waals surface area contributed by atoms with Crippen molar-refractivity contribution in [1.82, 2.24) is 5.32 Å². The summed E-state index contributed by atoms with van der Waals surface area (Å²) in [5.74, 6) is -0.502. The zero-order chi connectivity index (χ0) is 21.2. The van der Waals surface area contributed by atoms with Gasteiger partial charge in [0, 0.05) is 0 Å². The number of rotatable bonds is 9. The number of carbonyl (C=O) groups is 2. The smallest absolute Gasteiger partial charge is 0.408 e. The first-order valence-electron chi connectivity index (χ1n) is 10.5. The molecule has 0 radical (unpaired) electrons. The molecule has 1 fully saturated rings. The lowest BCUT2D eigenvalue weighted by molar-refractivity contribution is -0.142. The molecule has 1 aliphatic carbocycles. The minimum Gasteiger partial charge on any atom is -0.480 e. The van der Waals surface area contributed by atoms with E-state index in [4.69, 9.17) is 9.47 Å². The van der Waals surface area contributed by atoms with Gasteiger partial charge in [-0.1, -0.05) is 60.7 Å². The maximum Gasteiger partial charge on any atom is 0.408 e. The lowest BCUT2D eigenvalue weighted by Crippen LogP contribution is -2.45. The molecular formula is C24H29NO5. The summed E-state index contributed by atoms with van der Waals surface area (Å²) >= 11 is 0. The maximum absolute atomic E-state index is 11.9. The minimum atomic E-state index is -1.13. The summed E-state index contributed by atoms with van der Waals surface area (Å²) in [6.07, 6.45) is 4.26. The normalized spacial score (nSPS) is 19.6. The summed E-state index contributed by atoms with van der Waals surface area (Å²) in [4.78, 5) is 23.4. The van der Waals surface area contributed by atoms with Gasteiger partial charge in [0.15, 0.2) is 6.04 Å². The number of aliphatic carboxylic acids is 1. The van der Waals surface area contributed by atoms with E-state index in [1.807, 2.05) is 36.4 Å². The number of carboxylic acid groups (broad SMARTS) is 1. The molecule has 0 heterocycles. The Morgan fingerprint density at radius 1 is 0.933 bits per heavy atom. The third-order valence-corrected chi connectivity index (χ3v) is 5.46. The van der Waals surface area contributed by atoms with Crippen molar-refractivity contribution < 1.29 is 24.2 Å². The van der Waals surface area contributed by atoms with Gasteiger partial charge in [-0.3, -0.25) is 0 Å². The number of hydrogen-bond donors (Lipinski definition) is 2. The highest BCUT2D eigenvalue weighted by Gasteiger charge is 2.26. The molecule has 2 N–H and O–H groups in total. The van der Waals surface area contributed by atoms with Crippen LogP contribution in [0.25, 0.3) is 0 Å². The van der Waals surface area contributed by atoms with E-state index in [1.165, 1.54) is 5.56 Å². The van der Waals surface area contributed by atoms with Crippen LogP contribution in [0.3, 0.4) is 0 Å². The number of hydrogen-bond acceptors (Lipinski definition) is 4. The molecule has 0 aromatic heterocycles. The fourth-order valence-corrected chi connectivity index (χ4v) is 3.76. The Bertz CT molecular complexity index is 788. The molecule has 6 heteroatoms. The summed E-state index contributed by atoms with van der Waals surface area (Å²) in [5, 5.41) is 11.8. The van der Waals surface area contributed by atoms with Gasteiger partial charge in [0.1, 0.15) is 6.61 Å². The second-order valence-electron chi connectivity index (χ2n) is 7.76. The summed E-state index contributed by atoms with van der Waals surface area (Å²) in [7, 11) is 0. The fourth-order valence-electron chi connectivity index (χ4n) is 3.76. The Kier molecular flexibility index (Phi) is 8.27. The molecule has 30 heavy (non-hydrogen) atoms. The Morgan fingerprint density at radius 3 is 2.13 bits per heavy atom. The fraction of sp³-hybridized carbons (Fsp3) is 0.417. The molecule has 2 aromatic carbocycles. The van der Waals surface area contributed by atoms with Crippen molar-refractivity contribution in [3.63, 3.8) is 0 Å². The summed E-state index contributed by atoms with van der Waals surface area (Å²) in [6, 6.07) is 18.6. The van der Waals surface area contributed by atoms with Gasteiger partial charge < -0.3 is 19.9 Å². The maximum atomic E-state index is 11.9. The van der Waals surface area contributed by atoms with E-state index >= 15 is 0 Å². The van der Waals surface area contributed by atoms with Crippen LogP contribution < -0.4 is 5.32 Å². The average molecular weight is 411 g/mol. The van der Waals surface area contributed by atoms with Crippen molar-refractivity contribution in [1.29, 1.82) is 0 Å². The van der Waals surface area contributed by atoms with Gasteiger partial charge in [-0.05, 0) is 49.1 Å². The Labute approximate surface area is 177 Å². The van der Waals surface area contributed by atoms with Gasteiger partial charge >= 0.3 is 12.1 Å². The first-order chi connectivity index (χ1) is 14.6. The largest absolute Gasteiger partial charge is 0.480 e. The number of nitrogens with one attached hydrogen (secondary N) is 1. The molecule has 160 valence electrons. The lowest BCUT2D eigenvalue weighted by atomic mass is 9.83. The first kappa shape index (κ1) is 21.8. The molecule has 1 amide bonds. The van der Waals surface area contributed by atoms with Gasteiger partial charge in [0.25, 0.3) is 0 Å². The predicted octanol–water partition coefficient (Wildman–Crippen LogP) is 4.18. The zero-order valence-electron chi connectivity index (χ0n) is 17.0. The van der Waals surface area contributed by atoms with Crippen molar-refractivity contribution in [3.8, 4) is 0 Å². The van der Waals surface area contributed by atoms with Crippen molar-refractivity contribution >= 4 is 12.1 Å². The van der Waals surface area contributed by atoms with Crippen molar-refractivity contribution in [2.24, 2.45) is 5.92 Å². The van der Waals surface area contributed by atoms with Gasteiger partial charge in [0.2, 0.25) is 0 Å². The number of alkyl carbamates (subject to hydrolysis) is 1. The summed E-state index contributed by atoms with van der Waals surface area (Å²) in [5.41, 5.74) is 2.19. The second-order valence-corrected chi connectivity index (χ2v) is 7.76. The SMILES string of the molecule is O=C(NC(COC1CCC(Cc2ccccc2)CC1)C(=O)O)OCc1ccccc1. The van der Waals surface area contributed by atoms with Crippen LogP contribution in [0.2, 0.25) is 0 Å². The standard InChI is InChI=1S/C24H29NO5/c26-23(27)22(25-24(28)30-16-20-9-5-2-6-10-20)17-29-21-13-11-19(12-14-21)15-18-7-3-1-4-8-18/h1-10,19,21-22H,11-17H2,(H,25,28)(H,26,27). The highest BCUT2D eigenvalue weighted by Crippen LogP contribution is 2.29. The molecule has 1 atom stereocenters. The van der Waals surface area contributed by atoms with Crippen molar-refractivity contribution in [2.75, 3.05) is 6.61 Å². The number of amides is 1. The van der Waals surface area contributed by atoms with E-state index in [2.05, 4.69) is 29.6 Å². The molecule has 6 nitrogen and oxygen atoms in total. The van der Waals surface area contributed by atoms with Gasteiger partial charge in [-0.2, -0.15) is 0 Å². The Morgan fingerprint density at radius 2 is 1.53 bits per heavy atom. The third kappa shape index (κ3) is 7.19. The number of benzene rings is 2. The van der Waals surface area contributed by atoms with Crippen LogP contribution in [-0.4, -0.2) is 35.9 Å². The van der Waals surface area contributed by atoms with Crippen LogP contribution in [-0.2, 0) is 27.3 Å². The van der Waals surface area contributed by atoms with Crippen LogP contribution in [0, 0.1) is 5.92 Å². The quantitative estimate of drug-likeness (QED) is 0.646. The molecule has 1 aliphatic rings. The molecule has 0 aliphatic heterocycles. The lowest BCUT2D eigenvalue weighted by Gasteiger charge is -2.29. The highest BCUT2D eigenvalue weighted by molar-refractivity contribution is 5.80. The van der Waals surface area contributed by atoms with Crippen LogP contribution in [0.4, 0.5) is 4.79 Å². The Hall–Kier alpha value is -2.86. The predicted molar refractivity (Wildman–Crippen MR) is 113 cm³/mol. The van der Waals surface area contributed by atoms with E-state index in [-0.39, 0.29) is 19.3 Å². The first-order valence-corrected chi connectivity index (χ1v) is 10.5. The monoisotopic (exact) mass is 411 g/mol. The third-order valence-electron chi connectivity index (χ3n) is 5.46. The van der Waals surface area contributed by atoms with Crippen molar-refractivity contribution in [2.45, 2.75) is 50.9 Å². The number of carboxylic acids is 1. The number of carbonyl (C=O) groups excluding carboxylic acids is 1. The van der Waals surface area contributed by atoms with Gasteiger partial charge in [-0.25, -0.2) is 9.59 Å². The molecule has 2 aromatic rings. The summed E-state index contributed by atoms with van der Waals surface area (Å²) in [6.45, 7) is 0.0229. The summed E-state index contributed by atoms with van der Waals surface area (Å²) < 4.78 is 10.9. The zero-order valence-corrected chi connectivity index (χ0v) is 17.0. The number of ether oxygens (including phenoxy) is 2. The van der Waals surface area contributed by atoms with E-state index in [1.54, 1.807) is 0 Å². The average Bonchev–Trinajstić information content (AvgIpc) is 2.77. The molecule has 1 saturated carbocycles. The van der Waals surface area contributed by atoms with Crippen LogP contribution >= 0.6 is 0 Å². The van der Waals surface area contributed by atoms with Crippen LogP contribution in [0.1, 0.15) is 36.8 Å². The van der Waals surface area contributed by atoms with Crippen LogP contribution in [0.5, 0.6) is 0 Å². The van der Waals surface area contributed by atoms with Gasteiger partial charge in [0.05, 0.1) is 12.7 Å².